The number of halogens is 1. The van der Waals surface area contributed by atoms with Crippen LogP contribution in [0.25, 0.3) is 0 Å². The van der Waals surface area contributed by atoms with Crippen molar-refractivity contribution in [1.82, 2.24) is 15.1 Å². The fraction of sp³-hybridized carbons (Fsp3) is 0.933. The Morgan fingerprint density at radius 2 is 1.75 bits per heavy atom. The predicted molar refractivity (Wildman–Crippen MR) is 83.2 cm³/mol. The topological polar surface area (TPSA) is 35.6 Å². The van der Waals surface area contributed by atoms with E-state index in [1.165, 1.54) is 32.4 Å². The molecule has 5 heteroatoms. The molecule has 3 fully saturated rings. The van der Waals surface area contributed by atoms with Crippen LogP contribution in [0.2, 0.25) is 0 Å². The zero-order valence-corrected chi connectivity index (χ0v) is 13.3. The lowest BCUT2D eigenvalue weighted by Gasteiger charge is -2.32. The number of piperidine rings is 1. The number of carbonyl (C=O) groups is 1. The summed E-state index contributed by atoms with van der Waals surface area (Å²) in [5.41, 5.74) is 0. The van der Waals surface area contributed by atoms with E-state index in [1.807, 2.05) is 0 Å². The molecule has 0 aliphatic carbocycles. The molecule has 0 aromatic carbocycles. The molecular weight excluding hydrogens is 274 g/mol. The second-order valence-corrected chi connectivity index (χ2v) is 6.62. The van der Waals surface area contributed by atoms with Crippen molar-refractivity contribution in [2.24, 2.45) is 11.8 Å². The first-order valence-corrected chi connectivity index (χ1v) is 7.95. The van der Waals surface area contributed by atoms with Crippen LogP contribution in [-0.2, 0) is 4.79 Å². The van der Waals surface area contributed by atoms with E-state index in [0.717, 1.165) is 44.3 Å². The van der Waals surface area contributed by atoms with E-state index in [-0.39, 0.29) is 18.4 Å². The van der Waals surface area contributed by atoms with Gasteiger partial charge in [0.15, 0.2) is 0 Å². The fourth-order valence-electron chi connectivity index (χ4n) is 3.99. The highest BCUT2D eigenvalue weighted by molar-refractivity contribution is 5.85. The molecule has 3 rings (SSSR count). The highest BCUT2D eigenvalue weighted by Gasteiger charge is 2.35. The quantitative estimate of drug-likeness (QED) is 0.836. The van der Waals surface area contributed by atoms with Crippen LogP contribution < -0.4 is 5.32 Å². The molecular formula is C15H28ClN3O. The molecule has 3 aliphatic rings. The van der Waals surface area contributed by atoms with Gasteiger partial charge >= 0.3 is 0 Å². The van der Waals surface area contributed by atoms with Crippen molar-refractivity contribution in [3.05, 3.63) is 0 Å². The van der Waals surface area contributed by atoms with Gasteiger partial charge in [0.2, 0.25) is 5.91 Å². The number of amides is 1. The summed E-state index contributed by atoms with van der Waals surface area (Å²) in [7, 11) is 2.21. The van der Waals surface area contributed by atoms with E-state index >= 15 is 0 Å². The zero-order valence-electron chi connectivity index (χ0n) is 12.5. The van der Waals surface area contributed by atoms with E-state index in [9.17, 15) is 4.79 Å². The average molecular weight is 302 g/mol. The van der Waals surface area contributed by atoms with Crippen LogP contribution in [0.3, 0.4) is 0 Å². The molecule has 1 N–H and O–H groups in total. The molecule has 20 heavy (non-hydrogen) atoms. The van der Waals surface area contributed by atoms with Crippen molar-refractivity contribution in [3.8, 4) is 0 Å². The summed E-state index contributed by atoms with van der Waals surface area (Å²) in [6.07, 6.45) is 6.07. The van der Waals surface area contributed by atoms with Crippen LogP contribution in [0.15, 0.2) is 0 Å². The molecule has 2 atom stereocenters. The van der Waals surface area contributed by atoms with Gasteiger partial charge in [0.05, 0.1) is 6.04 Å². The second-order valence-electron chi connectivity index (χ2n) is 6.62. The van der Waals surface area contributed by atoms with Crippen molar-refractivity contribution >= 4 is 18.3 Å². The molecule has 0 radical (unpaired) electrons. The molecule has 3 saturated heterocycles. The fourth-order valence-corrected chi connectivity index (χ4v) is 3.99. The SMILES string of the molecule is CN1CCC(C2CCN(C(=O)C3CCCN3)C2)CC1.Cl. The minimum Gasteiger partial charge on any atom is -0.341 e. The zero-order chi connectivity index (χ0) is 13.2. The smallest absolute Gasteiger partial charge is 0.239 e. The van der Waals surface area contributed by atoms with E-state index in [0.29, 0.717) is 5.91 Å². The largest absolute Gasteiger partial charge is 0.341 e. The maximum Gasteiger partial charge on any atom is 0.239 e. The molecule has 4 nitrogen and oxygen atoms in total. The standard InChI is InChI=1S/C15H27N3O.ClH/c1-17-8-4-12(5-9-17)13-6-10-18(11-13)15(19)14-3-2-7-16-14;/h12-14,16H,2-11H2,1H3;1H. The van der Waals surface area contributed by atoms with Gasteiger partial charge in [-0.2, -0.15) is 0 Å². The number of nitrogens with one attached hydrogen (secondary N) is 1. The minimum atomic E-state index is 0. The molecule has 0 spiro atoms. The third kappa shape index (κ3) is 3.46. The molecule has 3 heterocycles. The van der Waals surface area contributed by atoms with E-state index in [4.69, 9.17) is 0 Å². The van der Waals surface area contributed by atoms with Crippen LogP contribution >= 0.6 is 12.4 Å². The van der Waals surface area contributed by atoms with Gasteiger partial charge in [-0.15, -0.1) is 12.4 Å². The molecule has 116 valence electrons. The van der Waals surface area contributed by atoms with Gasteiger partial charge in [-0.05, 0) is 70.6 Å². The molecule has 1 amide bonds. The number of nitrogens with zero attached hydrogens (tertiary/aromatic N) is 2. The summed E-state index contributed by atoms with van der Waals surface area (Å²) in [5, 5.41) is 3.34. The highest BCUT2D eigenvalue weighted by Crippen LogP contribution is 2.32. The van der Waals surface area contributed by atoms with Gasteiger partial charge in [-0.3, -0.25) is 4.79 Å². The maximum absolute atomic E-state index is 12.4. The Morgan fingerprint density at radius 1 is 1.05 bits per heavy atom. The Labute approximate surface area is 128 Å². The number of likely N-dealkylation sites (tertiary alicyclic amines) is 2. The number of hydrogen-bond donors (Lipinski definition) is 1. The van der Waals surface area contributed by atoms with Crippen LogP contribution in [0.5, 0.6) is 0 Å². The van der Waals surface area contributed by atoms with Gasteiger partial charge in [0.1, 0.15) is 0 Å². The molecule has 0 aromatic heterocycles. The van der Waals surface area contributed by atoms with E-state index in [1.54, 1.807) is 0 Å². The third-order valence-corrected chi connectivity index (χ3v) is 5.32. The molecule has 0 bridgehead atoms. The number of rotatable bonds is 2. The first kappa shape index (κ1) is 16.1. The third-order valence-electron chi connectivity index (χ3n) is 5.32. The van der Waals surface area contributed by atoms with Gasteiger partial charge in [-0.25, -0.2) is 0 Å². The summed E-state index contributed by atoms with van der Waals surface area (Å²) >= 11 is 0. The van der Waals surface area contributed by atoms with Gasteiger partial charge in [-0.1, -0.05) is 0 Å². The van der Waals surface area contributed by atoms with Crippen LogP contribution in [0, 0.1) is 11.8 Å². The van der Waals surface area contributed by atoms with E-state index in [2.05, 4.69) is 22.2 Å². The summed E-state index contributed by atoms with van der Waals surface area (Å²) in [6, 6.07) is 0.122. The number of hydrogen-bond acceptors (Lipinski definition) is 3. The Hall–Kier alpha value is -0.320. The molecule has 0 saturated carbocycles. The van der Waals surface area contributed by atoms with Crippen molar-refractivity contribution in [3.63, 3.8) is 0 Å². The van der Waals surface area contributed by atoms with Crippen LogP contribution in [0.4, 0.5) is 0 Å². The van der Waals surface area contributed by atoms with Crippen molar-refractivity contribution < 1.29 is 4.79 Å². The predicted octanol–water partition coefficient (Wildman–Crippen LogP) is 1.35. The van der Waals surface area contributed by atoms with Crippen molar-refractivity contribution in [1.29, 1.82) is 0 Å². The molecule has 2 unspecified atom stereocenters. The van der Waals surface area contributed by atoms with Crippen LogP contribution in [0.1, 0.15) is 32.1 Å². The summed E-state index contributed by atoms with van der Waals surface area (Å²) in [6.45, 7) is 5.50. The first-order chi connectivity index (χ1) is 9.24. The normalized spacial score (nSPS) is 32.4. The lowest BCUT2D eigenvalue weighted by molar-refractivity contribution is -0.132. The first-order valence-electron chi connectivity index (χ1n) is 7.95. The van der Waals surface area contributed by atoms with Gasteiger partial charge < -0.3 is 15.1 Å². The van der Waals surface area contributed by atoms with E-state index < -0.39 is 0 Å². The number of carbonyl (C=O) groups excluding carboxylic acids is 1. The lowest BCUT2D eigenvalue weighted by Crippen LogP contribution is -2.43. The average Bonchev–Trinajstić information content (AvgIpc) is 3.10. The maximum atomic E-state index is 12.4. The summed E-state index contributed by atoms with van der Waals surface area (Å²) in [4.78, 5) is 16.9. The molecule has 3 aliphatic heterocycles. The Morgan fingerprint density at radius 3 is 2.40 bits per heavy atom. The Kier molecular flexibility index (Phi) is 5.70. The Balaban J connectivity index is 0.00000147. The monoisotopic (exact) mass is 301 g/mol. The van der Waals surface area contributed by atoms with Gasteiger partial charge in [0, 0.05) is 13.1 Å². The summed E-state index contributed by atoms with van der Waals surface area (Å²) < 4.78 is 0. The van der Waals surface area contributed by atoms with Gasteiger partial charge in [0.25, 0.3) is 0 Å². The lowest BCUT2D eigenvalue weighted by atomic mass is 9.84. The second kappa shape index (κ2) is 7.10. The van der Waals surface area contributed by atoms with Crippen molar-refractivity contribution in [2.75, 3.05) is 39.8 Å². The molecule has 0 aromatic rings. The minimum absolute atomic E-state index is 0. The highest BCUT2D eigenvalue weighted by atomic mass is 35.5. The van der Waals surface area contributed by atoms with Crippen molar-refractivity contribution in [2.45, 2.75) is 38.1 Å². The van der Waals surface area contributed by atoms with Crippen LogP contribution in [-0.4, -0.2) is 61.5 Å². The Bertz CT molecular complexity index is 325. The summed E-state index contributed by atoms with van der Waals surface area (Å²) in [5.74, 6) is 1.98.